The van der Waals surface area contributed by atoms with Gasteiger partial charge in [-0.15, -0.1) is 0 Å². The van der Waals surface area contributed by atoms with Gasteiger partial charge in [0.2, 0.25) is 0 Å². The van der Waals surface area contributed by atoms with Gasteiger partial charge < -0.3 is 4.74 Å². The summed E-state index contributed by atoms with van der Waals surface area (Å²) in [7, 11) is 0. The Hall–Kier alpha value is -1.47. The van der Waals surface area contributed by atoms with Crippen LogP contribution in [0.4, 0.5) is 5.69 Å². The van der Waals surface area contributed by atoms with E-state index in [1.54, 1.807) is 10.9 Å². The van der Waals surface area contributed by atoms with E-state index in [4.69, 9.17) is 4.74 Å². The fourth-order valence-corrected chi connectivity index (χ4v) is 3.07. The number of nitrogens with zero attached hydrogens (tertiary/aromatic N) is 4. The maximum atomic E-state index is 10.7. The van der Waals surface area contributed by atoms with Gasteiger partial charge in [-0.05, 0) is 19.3 Å². The molecule has 19 heavy (non-hydrogen) atoms. The molecule has 1 saturated heterocycles. The molecule has 0 aromatic carbocycles. The van der Waals surface area contributed by atoms with Gasteiger partial charge in [0.1, 0.15) is 12.4 Å². The first-order valence-electron chi connectivity index (χ1n) is 6.74. The number of aromatic nitrogens is 2. The summed E-state index contributed by atoms with van der Waals surface area (Å²) in [5, 5.41) is 14.8. The van der Waals surface area contributed by atoms with Crippen molar-refractivity contribution in [1.29, 1.82) is 0 Å². The quantitative estimate of drug-likeness (QED) is 0.607. The Morgan fingerprint density at radius 2 is 2.05 bits per heavy atom. The van der Waals surface area contributed by atoms with Crippen LogP contribution in [0.1, 0.15) is 25.3 Å². The van der Waals surface area contributed by atoms with Crippen molar-refractivity contribution in [3.8, 4) is 0 Å². The van der Waals surface area contributed by atoms with Gasteiger partial charge in [-0.25, -0.2) is 0 Å². The van der Waals surface area contributed by atoms with Crippen molar-refractivity contribution in [1.82, 2.24) is 14.7 Å². The molecule has 0 radical (unpaired) electrons. The van der Waals surface area contributed by atoms with E-state index in [0.717, 1.165) is 45.6 Å². The lowest BCUT2D eigenvalue weighted by atomic mass is 10.2. The smallest absolute Gasteiger partial charge is 0.307 e. The number of rotatable bonds is 3. The molecule has 2 atom stereocenters. The molecule has 2 unspecified atom stereocenters. The fraction of sp³-hybridized carbons (Fsp3) is 0.750. The zero-order chi connectivity index (χ0) is 13.2. The van der Waals surface area contributed by atoms with Crippen molar-refractivity contribution in [2.75, 3.05) is 26.3 Å². The first-order valence-corrected chi connectivity index (χ1v) is 6.74. The van der Waals surface area contributed by atoms with Crippen molar-refractivity contribution >= 4 is 5.69 Å². The molecule has 2 fully saturated rings. The fourth-order valence-electron chi connectivity index (χ4n) is 3.07. The number of hydrogen-bond donors (Lipinski definition) is 0. The molecule has 2 aliphatic rings. The summed E-state index contributed by atoms with van der Waals surface area (Å²) in [5.41, 5.74) is 0.0785. The minimum absolute atomic E-state index is 0.0785. The molecule has 7 heteroatoms. The lowest BCUT2D eigenvalue weighted by Crippen LogP contribution is -2.42. The minimum atomic E-state index is -0.391. The van der Waals surface area contributed by atoms with Gasteiger partial charge in [0.15, 0.2) is 0 Å². The van der Waals surface area contributed by atoms with E-state index in [9.17, 15) is 10.1 Å². The van der Waals surface area contributed by atoms with Crippen molar-refractivity contribution in [3.63, 3.8) is 0 Å². The molecule has 0 N–H and O–H groups in total. The Morgan fingerprint density at radius 3 is 2.74 bits per heavy atom. The van der Waals surface area contributed by atoms with Crippen LogP contribution in [0.3, 0.4) is 0 Å². The Morgan fingerprint density at radius 1 is 1.32 bits per heavy atom. The van der Waals surface area contributed by atoms with E-state index in [0.29, 0.717) is 12.1 Å². The van der Waals surface area contributed by atoms with Crippen LogP contribution in [-0.4, -0.2) is 51.9 Å². The monoisotopic (exact) mass is 266 g/mol. The lowest BCUT2D eigenvalue weighted by molar-refractivity contribution is -0.385. The molecule has 1 aliphatic carbocycles. The zero-order valence-electron chi connectivity index (χ0n) is 10.8. The predicted octanol–water partition coefficient (Wildman–Crippen LogP) is 1.22. The number of hydrogen-bond acceptors (Lipinski definition) is 5. The van der Waals surface area contributed by atoms with Crippen molar-refractivity contribution in [2.24, 2.45) is 0 Å². The van der Waals surface area contributed by atoms with E-state index in [-0.39, 0.29) is 5.69 Å². The third-order valence-corrected chi connectivity index (χ3v) is 4.11. The summed E-state index contributed by atoms with van der Waals surface area (Å²) in [6.07, 6.45) is 6.09. The highest BCUT2D eigenvalue weighted by molar-refractivity contribution is 5.21. The molecule has 7 nitrogen and oxygen atoms in total. The van der Waals surface area contributed by atoms with Crippen LogP contribution in [0.5, 0.6) is 0 Å². The Balaban J connectivity index is 1.62. The molecular formula is C12H18N4O3. The summed E-state index contributed by atoms with van der Waals surface area (Å²) >= 11 is 0. The standard InChI is InChI=1S/C12H18N4O3/c17-16(18)12-8-13-15(9-12)11-2-1-10(7-11)14-3-5-19-6-4-14/h8-11H,1-7H2. The van der Waals surface area contributed by atoms with Crippen LogP contribution in [-0.2, 0) is 4.74 Å². The van der Waals surface area contributed by atoms with Gasteiger partial charge in [0.05, 0.1) is 24.2 Å². The minimum Gasteiger partial charge on any atom is -0.379 e. The van der Waals surface area contributed by atoms with Crippen molar-refractivity contribution in [3.05, 3.63) is 22.5 Å². The van der Waals surface area contributed by atoms with Crippen LogP contribution < -0.4 is 0 Å². The zero-order valence-corrected chi connectivity index (χ0v) is 10.8. The first kappa shape index (κ1) is 12.6. The van der Waals surface area contributed by atoms with E-state index in [1.165, 1.54) is 6.20 Å². The molecule has 1 aromatic rings. The van der Waals surface area contributed by atoms with Gasteiger partial charge in [0.25, 0.3) is 0 Å². The largest absolute Gasteiger partial charge is 0.379 e. The van der Waals surface area contributed by atoms with Gasteiger partial charge in [-0.1, -0.05) is 0 Å². The summed E-state index contributed by atoms with van der Waals surface area (Å²) in [5.74, 6) is 0. The number of nitro groups is 1. The molecule has 1 aromatic heterocycles. The highest BCUT2D eigenvalue weighted by atomic mass is 16.6. The number of morpholine rings is 1. The van der Waals surface area contributed by atoms with Gasteiger partial charge in [-0.3, -0.25) is 19.7 Å². The van der Waals surface area contributed by atoms with Crippen molar-refractivity contribution < 1.29 is 9.66 Å². The molecule has 3 rings (SSSR count). The van der Waals surface area contributed by atoms with Crippen molar-refractivity contribution in [2.45, 2.75) is 31.3 Å². The highest BCUT2D eigenvalue weighted by Gasteiger charge is 2.31. The SMILES string of the molecule is O=[N+]([O-])c1cnn(C2CCC(N3CCOCC3)C2)c1. The van der Waals surface area contributed by atoms with Crippen LogP contribution in [0.25, 0.3) is 0 Å². The average Bonchev–Trinajstić information content (AvgIpc) is 3.09. The second-order valence-electron chi connectivity index (χ2n) is 5.20. The Labute approximate surface area is 111 Å². The first-order chi connectivity index (χ1) is 9.24. The van der Waals surface area contributed by atoms with Gasteiger partial charge in [0, 0.05) is 19.1 Å². The molecule has 0 spiro atoms. The summed E-state index contributed by atoms with van der Waals surface area (Å²) in [4.78, 5) is 12.8. The third-order valence-electron chi connectivity index (χ3n) is 4.11. The predicted molar refractivity (Wildman–Crippen MR) is 67.9 cm³/mol. The van der Waals surface area contributed by atoms with E-state index >= 15 is 0 Å². The van der Waals surface area contributed by atoms with E-state index < -0.39 is 4.92 Å². The Bertz CT molecular complexity index is 456. The third kappa shape index (κ3) is 2.62. The van der Waals surface area contributed by atoms with Crippen LogP contribution in [0, 0.1) is 10.1 Å². The van der Waals surface area contributed by atoms with E-state index in [1.807, 2.05) is 0 Å². The number of ether oxygens (including phenoxy) is 1. The Kier molecular flexibility index (Phi) is 3.48. The molecular weight excluding hydrogens is 248 g/mol. The van der Waals surface area contributed by atoms with Gasteiger partial charge in [-0.2, -0.15) is 5.10 Å². The second kappa shape index (κ2) is 5.26. The van der Waals surface area contributed by atoms with Crippen LogP contribution in [0.2, 0.25) is 0 Å². The topological polar surface area (TPSA) is 73.4 Å². The van der Waals surface area contributed by atoms with E-state index in [2.05, 4.69) is 10.00 Å². The molecule has 1 aliphatic heterocycles. The summed E-state index contributed by atoms with van der Waals surface area (Å²) in [6, 6.07) is 0.860. The highest BCUT2D eigenvalue weighted by Crippen LogP contribution is 2.33. The van der Waals surface area contributed by atoms with Gasteiger partial charge >= 0.3 is 5.69 Å². The molecule has 104 valence electrons. The van der Waals surface area contributed by atoms with Crippen LogP contribution >= 0.6 is 0 Å². The summed E-state index contributed by atoms with van der Waals surface area (Å²) < 4.78 is 7.13. The molecule has 1 saturated carbocycles. The normalized spacial score (nSPS) is 28.6. The maximum Gasteiger partial charge on any atom is 0.307 e. The summed E-state index contributed by atoms with van der Waals surface area (Å²) in [6.45, 7) is 3.62. The molecule has 0 bridgehead atoms. The van der Waals surface area contributed by atoms with Crippen LogP contribution in [0.15, 0.2) is 12.4 Å². The maximum absolute atomic E-state index is 10.7. The molecule has 2 heterocycles. The average molecular weight is 266 g/mol. The molecule has 0 amide bonds. The second-order valence-corrected chi connectivity index (χ2v) is 5.20. The lowest BCUT2D eigenvalue weighted by Gasteiger charge is -2.32.